The van der Waals surface area contributed by atoms with E-state index in [0.29, 0.717) is 24.7 Å². The molecule has 0 bridgehead atoms. The fourth-order valence-electron chi connectivity index (χ4n) is 2.01. The van der Waals surface area contributed by atoms with Crippen molar-refractivity contribution in [2.45, 2.75) is 25.5 Å². The van der Waals surface area contributed by atoms with Crippen LogP contribution >= 0.6 is 0 Å². The SMILES string of the molecule is Cc1occc1-c1noc([C@H]2C[C@@H](O)CN2)n1. The third kappa shape index (κ3) is 1.85. The minimum absolute atomic E-state index is 0.0570. The number of furan rings is 1. The summed E-state index contributed by atoms with van der Waals surface area (Å²) in [5, 5.41) is 16.5. The quantitative estimate of drug-likeness (QED) is 0.808. The molecule has 0 amide bonds. The number of nitrogens with one attached hydrogen (secondary N) is 1. The second kappa shape index (κ2) is 3.97. The minimum Gasteiger partial charge on any atom is -0.469 e. The molecule has 0 unspecified atom stereocenters. The van der Waals surface area contributed by atoms with Crippen LogP contribution in [0.3, 0.4) is 0 Å². The molecular weight excluding hydrogens is 222 g/mol. The summed E-state index contributed by atoms with van der Waals surface area (Å²) < 4.78 is 10.4. The van der Waals surface area contributed by atoms with E-state index in [1.54, 1.807) is 12.3 Å². The van der Waals surface area contributed by atoms with Crippen LogP contribution in [0.25, 0.3) is 11.4 Å². The first-order chi connectivity index (χ1) is 8.24. The largest absolute Gasteiger partial charge is 0.469 e. The summed E-state index contributed by atoms with van der Waals surface area (Å²) in [6.07, 6.45) is 1.86. The Morgan fingerprint density at radius 2 is 2.41 bits per heavy atom. The molecule has 0 aromatic carbocycles. The van der Waals surface area contributed by atoms with Gasteiger partial charge in [0.05, 0.1) is 24.0 Å². The van der Waals surface area contributed by atoms with Gasteiger partial charge in [0.15, 0.2) is 0 Å². The van der Waals surface area contributed by atoms with Gasteiger partial charge in [-0.3, -0.25) is 0 Å². The van der Waals surface area contributed by atoms with Gasteiger partial charge in [-0.2, -0.15) is 4.98 Å². The van der Waals surface area contributed by atoms with Gasteiger partial charge in [-0.1, -0.05) is 5.16 Å². The average Bonchev–Trinajstić information content (AvgIpc) is 2.97. The lowest BCUT2D eigenvalue weighted by Crippen LogP contribution is -2.15. The van der Waals surface area contributed by atoms with Gasteiger partial charge in [0.2, 0.25) is 11.7 Å². The predicted octanol–water partition coefficient (Wildman–Crippen LogP) is 1.03. The van der Waals surface area contributed by atoms with Crippen LogP contribution in [0.2, 0.25) is 0 Å². The second-order valence-electron chi connectivity index (χ2n) is 4.20. The van der Waals surface area contributed by atoms with Crippen LogP contribution in [0.1, 0.15) is 24.1 Å². The highest BCUT2D eigenvalue weighted by molar-refractivity contribution is 5.56. The molecule has 0 saturated carbocycles. The van der Waals surface area contributed by atoms with Crippen molar-refractivity contribution in [1.29, 1.82) is 0 Å². The molecule has 1 aliphatic heterocycles. The van der Waals surface area contributed by atoms with Crippen molar-refractivity contribution < 1.29 is 14.0 Å². The predicted molar refractivity (Wildman–Crippen MR) is 58.1 cm³/mol. The number of aryl methyl sites for hydroxylation is 1. The summed E-state index contributed by atoms with van der Waals surface area (Å²) in [4.78, 5) is 4.32. The Labute approximate surface area is 97.6 Å². The van der Waals surface area contributed by atoms with E-state index in [9.17, 15) is 5.11 Å². The molecule has 1 fully saturated rings. The number of β-amino-alcohol motifs (C(OH)–C–C–N with tert-alkyl or cyclic N) is 1. The molecule has 2 aromatic rings. The zero-order valence-electron chi connectivity index (χ0n) is 9.38. The number of aromatic nitrogens is 2. The highest BCUT2D eigenvalue weighted by atomic mass is 16.5. The average molecular weight is 235 g/mol. The van der Waals surface area contributed by atoms with Gasteiger partial charge in [0.25, 0.3) is 0 Å². The van der Waals surface area contributed by atoms with Crippen LogP contribution in [0.4, 0.5) is 0 Å². The van der Waals surface area contributed by atoms with Crippen molar-refractivity contribution >= 4 is 0 Å². The van der Waals surface area contributed by atoms with Crippen molar-refractivity contribution in [1.82, 2.24) is 15.5 Å². The lowest BCUT2D eigenvalue weighted by atomic mass is 10.2. The number of hydrogen-bond donors (Lipinski definition) is 2. The van der Waals surface area contributed by atoms with Crippen LogP contribution in [0.5, 0.6) is 0 Å². The topological polar surface area (TPSA) is 84.3 Å². The first-order valence-corrected chi connectivity index (χ1v) is 5.53. The summed E-state index contributed by atoms with van der Waals surface area (Å²) in [6.45, 7) is 2.41. The summed E-state index contributed by atoms with van der Waals surface area (Å²) in [7, 11) is 0. The van der Waals surface area contributed by atoms with Gasteiger partial charge in [-0.05, 0) is 19.4 Å². The molecule has 1 saturated heterocycles. The van der Waals surface area contributed by atoms with E-state index in [4.69, 9.17) is 8.94 Å². The van der Waals surface area contributed by atoms with Crippen LogP contribution < -0.4 is 5.32 Å². The van der Waals surface area contributed by atoms with Crippen molar-refractivity contribution in [3.63, 3.8) is 0 Å². The first-order valence-electron chi connectivity index (χ1n) is 5.53. The molecule has 2 aromatic heterocycles. The molecule has 6 heteroatoms. The van der Waals surface area contributed by atoms with E-state index in [-0.39, 0.29) is 12.1 Å². The highest BCUT2D eigenvalue weighted by Crippen LogP contribution is 2.26. The van der Waals surface area contributed by atoms with Crippen LogP contribution in [0, 0.1) is 6.92 Å². The lowest BCUT2D eigenvalue weighted by molar-refractivity contribution is 0.191. The van der Waals surface area contributed by atoms with Gasteiger partial charge in [0, 0.05) is 6.54 Å². The molecule has 0 aliphatic carbocycles. The number of rotatable bonds is 2. The molecule has 90 valence electrons. The number of nitrogens with zero attached hydrogens (tertiary/aromatic N) is 2. The molecule has 17 heavy (non-hydrogen) atoms. The van der Waals surface area contributed by atoms with E-state index < -0.39 is 0 Å². The molecule has 6 nitrogen and oxygen atoms in total. The Kier molecular flexibility index (Phi) is 2.45. The monoisotopic (exact) mass is 235 g/mol. The maximum Gasteiger partial charge on any atom is 0.244 e. The Morgan fingerprint density at radius 1 is 1.53 bits per heavy atom. The summed E-state index contributed by atoms with van der Waals surface area (Å²) in [6, 6.07) is 1.75. The summed E-state index contributed by atoms with van der Waals surface area (Å²) in [5.74, 6) is 1.79. The maximum atomic E-state index is 9.43. The second-order valence-corrected chi connectivity index (χ2v) is 4.20. The standard InChI is InChI=1S/C11H13N3O3/c1-6-8(2-3-16-6)10-13-11(17-14-10)9-4-7(15)5-12-9/h2-3,7,9,12,15H,4-5H2,1H3/t7-,9-/m1/s1. The maximum absolute atomic E-state index is 9.43. The molecule has 2 N–H and O–H groups in total. The molecule has 0 spiro atoms. The van der Waals surface area contributed by atoms with Crippen LogP contribution in [-0.4, -0.2) is 27.9 Å². The Balaban J connectivity index is 1.86. The summed E-state index contributed by atoms with van der Waals surface area (Å²) >= 11 is 0. The highest BCUT2D eigenvalue weighted by Gasteiger charge is 2.28. The zero-order chi connectivity index (χ0) is 11.8. The van der Waals surface area contributed by atoms with Gasteiger partial charge >= 0.3 is 0 Å². The van der Waals surface area contributed by atoms with E-state index in [0.717, 1.165) is 11.3 Å². The van der Waals surface area contributed by atoms with Crippen molar-refractivity contribution in [2.24, 2.45) is 0 Å². The smallest absolute Gasteiger partial charge is 0.244 e. The number of hydrogen-bond acceptors (Lipinski definition) is 6. The normalized spacial score (nSPS) is 24.4. The molecule has 1 aliphatic rings. The van der Waals surface area contributed by atoms with Gasteiger partial charge in [0.1, 0.15) is 5.76 Å². The molecular formula is C11H13N3O3. The van der Waals surface area contributed by atoms with E-state index in [2.05, 4.69) is 15.5 Å². The third-order valence-electron chi connectivity index (χ3n) is 2.95. The fourth-order valence-corrected chi connectivity index (χ4v) is 2.01. The Bertz CT molecular complexity index is 520. The zero-order valence-corrected chi connectivity index (χ0v) is 9.38. The van der Waals surface area contributed by atoms with Crippen molar-refractivity contribution in [3.8, 4) is 11.4 Å². The minimum atomic E-state index is -0.342. The molecule has 0 radical (unpaired) electrons. The van der Waals surface area contributed by atoms with Gasteiger partial charge in [-0.15, -0.1) is 0 Å². The van der Waals surface area contributed by atoms with E-state index in [1.807, 2.05) is 6.92 Å². The van der Waals surface area contributed by atoms with Crippen molar-refractivity contribution in [2.75, 3.05) is 6.54 Å². The Morgan fingerprint density at radius 3 is 3.06 bits per heavy atom. The summed E-state index contributed by atoms with van der Waals surface area (Å²) in [5.41, 5.74) is 0.832. The molecule has 3 rings (SSSR count). The van der Waals surface area contributed by atoms with Crippen LogP contribution in [0.15, 0.2) is 21.3 Å². The number of aliphatic hydroxyl groups is 1. The van der Waals surface area contributed by atoms with Gasteiger partial charge in [-0.25, -0.2) is 0 Å². The van der Waals surface area contributed by atoms with Crippen LogP contribution in [-0.2, 0) is 0 Å². The Hall–Kier alpha value is -1.66. The first kappa shape index (κ1) is 10.5. The number of aliphatic hydroxyl groups excluding tert-OH is 1. The van der Waals surface area contributed by atoms with Crippen molar-refractivity contribution in [3.05, 3.63) is 24.0 Å². The van der Waals surface area contributed by atoms with E-state index >= 15 is 0 Å². The third-order valence-corrected chi connectivity index (χ3v) is 2.95. The van der Waals surface area contributed by atoms with E-state index in [1.165, 1.54) is 0 Å². The lowest BCUT2D eigenvalue weighted by Gasteiger charge is -2.01. The fraction of sp³-hybridized carbons (Fsp3) is 0.455. The molecule has 3 heterocycles. The molecule has 2 atom stereocenters. The van der Waals surface area contributed by atoms with Gasteiger partial charge < -0.3 is 19.4 Å².